The van der Waals surface area contributed by atoms with E-state index in [0.717, 1.165) is 13.0 Å². The van der Waals surface area contributed by atoms with E-state index in [0.29, 0.717) is 17.7 Å². The van der Waals surface area contributed by atoms with Gasteiger partial charge in [-0.25, -0.2) is 4.39 Å². The summed E-state index contributed by atoms with van der Waals surface area (Å²) in [6.45, 7) is 3.54. The Morgan fingerprint density at radius 3 is 3.05 bits per heavy atom. The van der Waals surface area contributed by atoms with E-state index >= 15 is 0 Å². The van der Waals surface area contributed by atoms with Gasteiger partial charge in [-0.05, 0) is 30.2 Å². The minimum atomic E-state index is -0.386. The van der Waals surface area contributed by atoms with Crippen LogP contribution in [0.25, 0.3) is 0 Å². The zero-order valence-electron chi connectivity index (χ0n) is 10.8. The summed E-state index contributed by atoms with van der Waals surface area (Å²) in [4.78, 5) is 13.8. The van der Waals surface area contributed by atoms with Crippen molar-refractivity contribution >= 4 is 5.91 Å². The van der Waals surface area contributed by atoms with Gasteiger partial charge < -0.3 is 10.2 Å². The number of nitrogens with zero attached hydrogens (tertiary/aromatic N) is 2. The SMILES string of the molecule is CCC1NCCN(Cc2cc(F)ccc2C#N)C1=O. The largest absolute Gasteiger partial charge is 0.336 e. The monoisotopic (exact) mass is 261 g/mol. The van der Waals surface area contributed by atoms with Crippen molar-refractivity contribution < 1.29 is 9.18 Å². The number of amides is 1. The van der Waals surface area contributed by atoms with Crippen LogP contribution in [-0.2, 0) is 11.3 Å². The molecule has 19 heavy (non-hydrogen) atoms. The number of nitrogens with one attached hydrogen (secondary N) is 1. The molecular formula is C14H16FN3O. The Labute approximate surface area is 111 Å². The van der Waals surface area contributed by atoms with Crippen LogP contribution in [0.3, 0.4) is 0 Å². The molecule has 1 fully saturated rings. The molecule has 5 heteroatoms. The van der Waals surface area contributed by atoms with Gasteiger partial charge in [0.15, 0.2) is 0 Å². The molecular weight excluding hydrogens is 245 g/mol. The van der Waals surface area contributed by atoms with Crippen LogP contribution in [0.5, 0.6) is 0 Å². The third-order valence-corrected chi connectivity index (χ3v) is 3.34. The molecule has 1 amide bonds. The van der Waals surface area contributed by atoms with Crippen molar-refractivity contribution in [2.75, 3.05) is 13.1 Å². The maximum Gasteiger partial charge on any atom is 0.240 e. The number of benzene rings is 1. The van der Waals surface area contributed by atoms with E-state index < -0.39 is 0 Å². The molecule has 2 rings (SSSR count). The Balaban J connectivity index is 2.19. The lowest BCUT2D eigenvalue weighted by Gasteiger charge is -2.33. The summed E-state index contributed by atoms with van der Waals surface area (Å²) < 4.78 is 13.3. The van der Waals surface area contributed by atoms with Crippen LogP contribution >= 0.6 is 0 Å². The second-order valence-corrected chi connectivity index (χ2v) is 4.59. The molecule has 0 bridgehead atoms. The van der Waals surface area contributed by atoms with Crippen LogP contribution in [-0.4, -0.2) is 29.9 Å². The topological polar surface area (TPSA) is 56.1 Å². The summed E-state index contributed by atoms with van der Waals surface area (Å²) in [6, 6.07) is 5.90. The van der Waals surface area contributed by atoms with Crippen LogP contribution in [0.4, 0.5) is 4.39 Å². The maximum absolute atomic E-state index is 13.3. The van der Waals surface area contributed by atoms with Crippen molar-refractivity contribution in [1.82, 2.24) is 10.2 Å². The lowest BCUT2D eigenvalue weighted by atomic mass is 10.1. The number of piperazine rings is 1. The first-order valence-corrected chi connectivity index (χ1v) is 6.36. The quantitative estimate of drug-likeness (QED) is 0.895. The minimum Gasteiger partial charge on any atom is -0.336 e. The first-order valence-electron chi connectivity index (χ1n) is 6.36. The van der Waals surface area contributed by atoms with Gasteiger partial charge in [0.05, 0.1) is 17.7 Å². The Morgan fingerprint density at radius 1 is 1.58 bits per heavy atom. The number of hydrogen-bond acceptors (Lipinski definition) is 3. The summed E-state index contributed by atoms with van der Waals surface area (Å²) in [5.74, 6) is -0.370. The summed E-state index contributed by atoms with van der Waals surface area (Å²) >= 11 is 0. The fourth-order valence-corrected chi connectivity index (χ4v) is 2.28. The van der Waals surface area contributed by atoms with Crippen molar-refractivity contribution in [2.45, 2.75) is 25.9 Å². The Hall–Kier alpha value is -1.93. The van der Waals surface area contributed by atoms with Gasteiger partial charge in [0.25, 0.3) is 0 Å². The lowest BCUT2D eigenvalue weighted by molar-refractivity contribution is -0.136. The summed E-state index contributed by atoms with van der Waals surface area (Å²) in [5, 5.41) is 12.2. The Bertz CT molecular complexity index is 524. The molecule has 100 valence electrons. The van der Waals surface area contributed by atoms with Crippen LogP contribution in [0, 0.1) is 17.1 Å². The van der Waals surface area contributed by atoms with E-state index in [2.05, 4.69) is 5.32 Å². The summed E-state index contributed by atoms with van der Waals surface area (Å²) in [7, 11) is 0. The van der Waals surface area contributed by atoms with Crippen molar-refractivity contribution in [3.05, 3.63) is 35.1 Å². The van der Waals surface area contributed by atoms with Gasteiger partial charge >= 0.3 is 0 Å². The molecule has 1 aliphatic heterocycles. The van der Waals surface area contributed by atoms with Crippen molar-refractivity contribution in [2.24, 2.45) is 0 Å². The molecule has 0 saturated carbocycles. The number of carbonyl (C=O) groups excluding carboxylic acids is 1. The van der Waals surface area contributed by atoms with Gasteiger partial charge in [0.1, 0.15) is 5.82 Å². The molecule has 1 heterocycles. The van der Waals surface area contributed by atoms with Gasteiger partial charge in [-0.1, -0.05) is 6.92 Å². The Kier molecular flexibility index (Phi) is 4.13. The van der Waals surface area contributed by atoms with Crippen molar-refractivity contribution in [1.29, 1.82) is 5.26 Å². The molecule has 1 saturated heterocycles. The zero-order valence-corrected chi connectivity index (χ0v) is 10.8. The van der Waals surface area contributed by atoms with Gasteiger partial charge in [-0.2, -0.15) is 5.26 Å². The average molecular weight is 261 g/mol. The van der Waals surface area contributed by atoms with Crippen molar-refractivity contribution in [3.63, 3.8) is 0 Å². The second kappa shape index (κ2) is 5.81. The van der Waals surface area contributed by atoms with Gasteiger partial charge in [-0.3, -0.25) is 4.79 Å². The molecule has 0 aromatic heterocycles. The fraction of sp³-hybridized carbons (Fsp3) is 0.429. The molecule has 1 atom stereocenters. The van der Waals surface area contributed by atoms with E-state index in [1.807, 2.05) is 13.0 Å². The van der Waals surface area contributed by atoms with E-state index in [-0.39, 0.29) is 24.3 Å². The minimum absolute atomic E-state index is 0.0156. The fourth-order valence-electron chi connectivity index (χ4n) is 2.28. The van der Waals surface area contributed by atoms with Crippen LogP contribution in [0.1, 0.15) is 24.5 Å². The van der Waals surface area contributed by atoms with E-state index in [1.54, 1.807) is 4.90 Å². The first-order chi connectivity index (χ1) is 9.15. The Morgan fingerprint density at radius 2 is 2.37 bits per heavy atom. The predicted molar refractivity (Wildman–Crippen MR) is 68.6 cm³/mol. The number of carbonyl (C=O) groups is 1. The normalized spacial score (nSPS) is 19.3. The first kappa shape index (κ1) is 13.5. The molecule has 0 aliphatic carbocycles. The summed E-state index contributed by atoms with van der Waals surface area (Å²) in [5.41, 5.74) is 0.980. The lowest BCUT2D eigenvalue weighted by Crippen LogP contribution is -2.54. The predicted octanol–water partition coefficient (Wildman–Crippen LogP) is 1.41. The molecule has 1 unspecified atom stereocenters. The summed E-state index contributed by atoms with van der Waals surface area (Å²) in [6.07, 6.45) is 0.726. The van der Waals surface area contributed by atoms with Crippen LogP contribution < -0.4 is 5.32 Å². The zero-order chi connectivity index (χ0) is 13.8. The molecule has 4 nitrogen and oxygen atoms in total. The highest BCUT2D eigenvalue weighted by Gasteiger charge is 2.27. The highest BCUT2D eigenvalue weighted by atomic mass is 19.1. The van der Waals surface area contributed by atoms with Crippen LogP contribution in [0.2, 0.25) is 0 Å². The van der Waals surface area contributed by atoms with E-state index in [1.165, 1.54) is 18.2 Å². The van der Waals surface area contributed by atoms with Gasteiger partial charge in [0, 0.05) is 19.6 Å². The van der Waals surface area contributed by atoms with Crippen LogP contribution in [0.15, 0.2) is 18.2 Å². The maximum atomic E-state index is 13.3. The highest BCUT2D eigenvalue weighted by Crippen LogP contribution is 2.15. The van der Waals surface area contributed by atoms with Gasteiger partial charge in [0.2, 0.25) is 5.91 Å². The van der Waals surface area contributed by atoms with Crippen molar-refractivity contribution in [3.8, 4) is 6.07 Å². The standard InChI is InChI=1S/C14H16FN3O/c1-2-13-14(19)18(6-5-17-13)9-11-7-12(15)4-3-10(11)8-16/h3-4,7,13,17H,2,5-6,9H2,1H3. The highest BCUT2D eigenvalue weighted by molar-refractivity contribution is 5.82. The van der Waals surface area contributed by atoms with Gasteiger partial charge in [-0.15, -0.1) is 0 Å². The molecule has 1 N–H and O–H groups in total. The number of hydrogen-bond donors (Lipinski definition) is 1. The molecule has 0 spiro atoms. The molecule has 1 aromatic carbocycles. The number of halogens is 1. The molecule has 1 aliphatic rings. The second-order valence-electron chi connectivity index (χ2n) is 4.59. The molecule has 0 radical (unpaired) electrons. The molecule has 1 aromatic rings. The van der Waals surface area contributed by atoms with E-state index in [4.69, 9.17) is 5.26 Å². The third kappa shape index (κ3) is 2.91. The third-order valence-electron chi connectivity index (χ3n) is 3.34. The smallest absolute Gasteiger partial charge is 0.240 e. The van der Waals surface area contributed by atoms with E-state index in [9.17, 15) is 9.18 Å². The number of nitriles is 1. The number of rotatable bonds is 3. The average Bonchev–Trinajstić information content (AvgIpc) is 2.41.